The van der Waals surface area contributed by atoms with Crippen molar-refractivity contribution in [3.8, 4) is 0 Å². The smallest absolute Gasteiger partial charge is 0.254 e. The van der Waals surface area contributed by atoms with E-state index in [-0.39, 0.29) is 5.91 Å². The topological polar surface area (TPSA) is 54.5 Å². The first-order valence-corrected chi connectivity index (χ1v) is 5.95. The van der Waals surface area contributed by atoms with Gasteiger partial charge in [0, 0.05) is 33.9 Å². The average Bonchev–Trinajstić information content (AvgIpc) is 2.36. The summed E-state index contributed by atoms with van der Waals surface area (Å²) in [6.07, 6.45) is 1.59. The summed E-state index contributed by atoms with van der Waals surface area (Å²) < 4.78 is 5.06. The Morgan fingerprint density at radius 1 is 1.50 bits per heavy atom. The number of anilines is 1. The Hall–Kier alpha value is -1.62. The van der Waals surface area contributed by atoms with E-state index in [1.54, 1.807) is 33.5 Å². The summed E-state index contributed by atoms with van der Waals surface area (Å²) in [4.78, 5) is 17.4. The van der Waals surface area contributed by atoms with Gasteiger partial charge < -0.3 is 15.0 Å². The molecule has 1 rings (SSSR count). The second kappa shape index (κ2) is 6.96. The van der Waals surface area contributed by atoms with Crippen molar-refractivity contribution in [2.45, 2.75) is 6.92 Å². The van der Waals surface area contributed by atoms with Gasteiger partial charge in [-0.15, -0.1) is 0 Å². The van der Waals surface area contributed by atoms with Crippen LogP contribution < -0.4 is 5.32 Å². The molecule has 0 aromatic carbocycles. The van der Waals surface area contributed by atoms with Gasteiger partial charge in [-0.1, -0.05) is 6.92 Å². The van der Waals surface area contributed by atoms with Gasteiger partial charge in [0.1, 0.15) is 5.82 Å². The number of ether oxygens (including phenoxy) is 1. The van der Waals surface area contributed by atoms with Crippen LogP contribution in [-0.2, 0) is 4.74 Å². The molecule has 18 heavy (non-hydrogen) atoms. The molecule has 0 radical (unpaired) electrons. The fraction of sp³-hybridized carbons (Fsp3) is 0.538. The quantitative estimate of drug-likeness (QED) is 0.832. The number of hydrogen-bond acceptors (Lipinski definition) is 4. The Labute approximate surface area is 108 Å². The van der Waals surface area contributed by atoms with Crippen molar-refractivity contribution in [2.24, 2.45) is 5.92 Å². The average molecular weight is 251 g/mol. The van der Waals surface area contributed by atoms with Gasteiger partial charge in [0.25, 0.3) is 5.91 Å². The van der Waals surface area contributed by atoms with Crippen molar-refractivity contribution in [1.29, 1.82) is 0 Å². The first kappa shape index (κ1) is 14.4. The number of nitrogens with zero attached hydrogens (tertiary/aromatic N) is 2. The zero-order valence-corrected chi connectivity index (χ0v) is 11.4. The van der Waals surface area contributed by atoms with E-state index in [9.17, 15) is 4.79 Å². The molecule has 0 saturated heterocycles. The number of nitrogens with one attached hydrogen (secondary N) is 1. The van der Waals surface area contributed by atoms with Gasteiger partial charge in [-0.25, -0.2) is 4.98 Å². The lowest BCUT2D eigenvalue weighted by Crippen LogP contribution is -2.22. The van der Waals surface area contributed by atoms with E-state index in [4.69, 9.17) is 4.74 Å². The molecule has 0 aliphatic heterocycles. The molecule has 0 aliphatic carbocycles. The summed E-state index contributed by atoms with van der Waals surface area (Å²) in [6.45, 7) is 3.60. The minimum atomic E-state index is -0.0400. The van der Waals surface area contributed by atoms with Crippen molar-refractivity contribution in [3.05, 3.63) is 23.9 Å². The summed E-state index contributed by atoms with van der Waals surface area (Å²) in [5.74, 6) is 1.15. The maximum absolute atomic E-state index is 11.7. The Morgan fingerprint density at radius 3 is 2.72 bits per heavy atom. The largest absolute Gasteiger partial charge is 0.384 e. The van der Waals surface area contributed by atoms with Crippen LogP contribution >= 0.6 is 0 Å². The molecule has 100 valence electrons. The second-order valence-electron chi connectivity index (χ2n) is 4.57. The summed E-state index contributed by atoms with van der Waals surface area (Å²) in [7, 11) is 5.14. The molecule has 0 bridgehead atoms. The van der Waals surface area contributed by atoms with E-state index in [2.05, 4.69) is 17.2 Å². The van der Waals surface area contributed by atoms with E-state index in [1.165, 1.54) is 4.90 Å². The van der Waals surface area contributed by atoms with Crippen LogP contribution in [0.1, 0.15) is 17.3 Å². The van der Waals surface area contributed by atoms with E-state index >= 15 is 0 Å². The molecule has 0 saturated carbocycles. The summed E-state index contributed by atoms with van der Waals surface area (Å²) in [6, 6.07) is 3.59. The molecule has 1 unspecified atom stereocenters. The molecule has 1 aromatic rings. The zero-order valence-electron chi connectivity index (χ0n) is 11.4. The fourth-order valence-corrected chi connectivity index (χ4v) is 1.51. The highest BCUT2D eigenvalue weighted by Crippen LogP contribution is 2.07. The van der Waals surface area contributed by atoms with Crippen molar-refractivity contribution >= 4 is 11.7 Å². The van der Waals surface area contributed by atoms with Crippen LogP contribution in [0.4, 0.5) is 5.82 Å². The van der Waals surface area contributed by atoms with Crippen LogP contribution in [0.5, 0.6) is 0 Å². The number of hydrogen-bond donors (Lipinski definition) is 1. The number of methoxy groups -OCH3 is 1. The number of carbonyl (C=O) groups is 1. The molecule has 5 heteroatoms. The van der Waals surface area contributed by atoms with Crippen LogP contribution in [0.15, 0.2) is 18.3 Å². The normalized spacial score (nSPS) is 12.0. The minimum absolute atomic E-state index is 0.0400. The number of carbonyl (C=O) groups excluding carboxylic acids is 1. The minimum Gasteiger partial charge on any atom is -0.384 e. The second-order valence-corrected chi connectivity index (χ2v) is 4.57. The van der Waals surface area contributed by atoms with Crippen LogP contribution in [-0.4, -0.2) is 50.1 Å². The molecule has 1 heterocycles. The summed E-state index contributed by atoms with van der Waals surface area (Å²) >= 11 is 0. The van der Waals surface area contributed by atoms with E-state index in [0.29, 0.717) is 18.1 Å². The number of pyridine rings is 1. The molecule has 1 aromatic heterocycles. The van der Waals surface area contributed by atoms with Gasteiger partial charge in [-0.05, 0) is 18.1 Å². The summed E-state index contributed by atoms with van der Waals surface area (Å²) in [5.41, 5.74) is 0.593. The van der Waals surface area contributed by atoms with Gasteiger partial charge in [0.05, 0.1) is 12.2 Å². The predicted octanol–water partition coefficient (Wildman–Crippen LogP) is 1.48. The maximum Gasteiger partial charge on any atom is 0.254 e. The van der Waals surface area contributed by atoms with E-state index in [1.807, 2.05) is 6.07 Å². The standard InChI is InChI=1S/C13H21N3O2/c1-10(9-18-4)7-14-12-6-5-11(8-15-12)13(17)16(2)3/h5-6,8,10H,7,9H2,1-4H3,(H,14,15). The van der Waals surface area contributed by atoms with Gasteiger partial charge in [-0.3, -0.25) is 4.79 Å². The SMILES string of the molecule is COCC(C)CNc1ccc(C(=O)N(C)C)cn1. The van der Waals surface area contributed by atoms with Crippen LogP contribution in [0.2, 0.25) is 0 Å². The van der Waals surface area contributed by atoms with Gasteiger partial charge in [-0.2, -0.15) is 0 Å². The van der Waals surface area contributed by atoms with Crippen molar-refractivity contribution in [3.63, 3.8) is 0 Å². The maximum atomic E-state index is 11.7. The third-order valence-electron chi connectivity index (χ3n) is 2.50. The number of amides is 1. The highest BCUT2D eigenvalue weighted by Gasteiger charge is 2.08. The van der Waals surface area contributed by atoms with Gasteiger partial charge >= 0.3 is 0 Å². The Balaban J connectivity index is 2.53. The Morgan fingerprint density at radius 2 is 2.22 bits per heavy atom. The molecule has 1 amide bonds. The molecule has 1 N–H and O–H groups in total. The fourth-order valence-electron chi connectivity index (χ4n) is 1.51. The number of aromatic nitrogens is 1. The highest BCUT2D eigenvalue weighted by molar-refractivity contribution is 5.93. The lowest BCUT2D eigenvalue weighted by atomic mass is 10.2. The molecule has 0 fully saturated rings. The van der Waals surface area contributed by atoms with Crippen molar-refractivity contribution in [1.82, 2.24) is 9.88 Å². The third kappa shape index (κ3) is 4.33. The number of rotatable bonds is 6. The Kier molecular flexibility index (Phi) is 5.58. The first-order chi connectivity index (χ1) is 8.54. The molecule has 0 aliphatic rings. The van der Waals surface area contributed by atoms with Gasteiger partial charge in [0.2, 0.25) is 0 Å². The lowest BCUT2D eigenvalue weighted by molar-refractivity contribution is 0.0827. The highest BCUT2D eigenvalue weighted by atomic mass is 16.5. The molecular formula is C13H21N3O2. The van der Waals surface area contributed by atoms with Crippen LogP contribution in [0.3, 0.4) is 0 Å². The van der Waals surface area contributed by atoms with E-state index < -0.39 is 0 Å². The zero-order chi connectivity index (χ0) is 13.5. The van der Waals surface area contributed by atoms with Crippen molar-refractivity contribution in [2.75, 3.05) is 39.7 Å². The van der Waals surface area contributed by atoms with Gasteiger partial charge in [0.15, 0.2) is 0 Å². The summed E-state index contributed by atoms with van der Waals surface area (Å²) in [5, 5.41) is 3.21. The lowest BCUT2D eigenvalue weighted by Gasteiger charge is -2.13. The van der Waals surface area contributed by atoms with Crippen LogP contribution in [0, 0.1) is 5.92 Å². The first-order valence-electron chi connectivity index (χ1n) is 5.95. The van der Waals surface area contributed by atoms with Crippen LogP contribution in [0.25, 0.3) is 0 Å². The molecule has 1 atom stereocenters. The Bertz CT molecular complexity index is 376. The molecular weight excluding hydrogens is 230 g/mol. The monoisotopic (exact) mass is 251 g/mol. The van der Waals surface area contributed by atoms with Crippen molar-refractivity contribution < 1.29 is 9.53 Å². The third-order valence-corrected chi connectivity index (χ3v) is 2.50. The molecule has 0 spiro atoms. The van der Waals surface area contributed by atoms with E-state index in [0.717, 1.165) is 12.4 Å². The predicted molar refractivity (Wildman–Crippen MR) is 71.8 cm³/mol. The molecule has 5 nitrogen and oxygen atoms in total.